The molecular formula is C11H17N3O. The van der Waals surface area contributed by atoms with Crippen LogP contribution in [0.5, 0.6) is 0 Å². The van der Waals surface area contributed by atoms with Crippen molar-refractivity contribution in [1.82, 2.24) is 15.0 Å². The average Bonchev–Trinajstić information content (AvgIpc) is 2.85. The molecule has 0 N–H and O–H groups in total. The third-order valence-corrected chi connectivity index (χ3v) is 3.10. The summed E-state index contributed by atoms with van der Waals surface area (Å²) in [7, 11) is 0. The topological polar surface area (TPSA) is 47.8 Å². The van der Waals surface area contributed by atoms with Crippen molar-refractivity contribution < 1.29 is 4.79 Å². The lowest BCUT2D eigenvalue weighted by atomic mass is 10.0. The summed E-state index contributed by atoms with van der Waals surface area (Å²) in [5.74, 6) is 0.489. The van der Waals surface area contributed by atoms with E-state index in [1.165, 1.54) is 25.7 Å². The molecule has 0 saturated heterocycles. The van der Waals surface area contributed by atoms with Crippen molar-refractivity contribution in [3.63, 3.8) is 0 Å². The van der Waals surface area contributed by atoms with Crippen molar-refractivity contribution in [2.45, 2.75) is 51.5 Å². The maximum absolute atomic E-state index is 10.9. The molecule has 1 fully saturated rings. The Morgan fingerprint density at radius 3 is 2.60 bits per heavy atom. The predicted molar refractivity (Wildman–Crippen MR) is 57.0 cm³/mol. The van der Waals surface area contributed by atoms with Gasteiger partial charge in [0.1, 0.15) is 5.69 Å². The Morgan fingerprint density at radius 1 is 1.40 bits per heavy atom. The van der Waals surface area contributed by atoms with E-state index in [1.54, 1.807) is 0 Å². The first kappa shape index (κ1) is 10.3. The highest BCUT2D eigenvalue weighted by Gasteiger charge is 2.26. The van der Waals surface area contributed by atoms with Gasteiger partial charge in [-0.3, -0.25) is 4.79 Å². The molecule has 0 amide bonds. The summed E-state index contributed by atoms with van der Waals surface area (Å²) in [6.07, 6.45) is 5.68. The predicted octanol–water partition coefficient (Wildman–Crippen LogP) is 2.33. The zero-order chi connectivity index (χ0) is 10.8. The average molecular weight is 207 g/mol. The lowest BCUT2D eigenvalue weighted by molar-refractivity contribution is 0.111. The van der Waals surface area contributed by atoms with Gasteiger partial charge < -0.3 is 0 Å². The summed E-state index contributed by atoms with van der Waals surface area (Å²) in [6.45, 7) is 4.14. The van der Waals surface area contributed by atoms with Gasteiger partial charge in [0, 0.05) is 12.0 Å². The summed E-state index contributed by atoms with van der Waals surface area (Å²) in [4.78, 5) is 10.9. The van der Waals surface area contributed by atoms with Crippen molar-refractivity contribution in [1.29, 1.82) is 0 Å². The molecule has 1 aromatic heterocycles. The smallest absolute Gasteiger partial charge is 0.172 e. The molecule has 0 unspecified atom stereocenters. The number of hydrogen-bond acceptors (Lipinski definition) is 3. The molecule has 1 aliphatic rings. The molecule has 15 heavy (non-hydrogen) atoms. The number of rotatable bonds is 3. The third-order valence-electron chi connectivity index (χ3n) is 3.10. The number of nitrogens with zero attached hydrogens (tertiary/aromatic N) is 3. The summed E-state index contributed by atoms with van der Waals surface area (Å²) in [5.41, 5.74) is 1.59. The van der Waals surface area contributed by atoms with E-state index in [4.69, 9.17) is 0 Å². The van der Waals surface area contributed by atoms with Crippen molar-refractivity contribution >= 4 is 6.29 Å². The number of carbonyl (C=O) groups excluding carboxylic acids is 1. The van der Waals surface area contributed by atoms with E-state index in [-0.39, 0.29) is 6.04 Å². The van der Waals surface area contributed by atoms with Gasteiger partial charge in [0.15, 0.2) is 6.29 Å². The number of aldehydes is 1. The molecule has 1 saturated carbocycles. The molecule has 1 aromatic rings. The number of hydrogen-bond donors (Lipinski definition) is 0. The minimum absolute atomic E-state index is 0.279. The minimum atomic E-state index is 0.279. The van der Waals surface area contributed by atoms with Crippen LogP contribution in [0.25, 0.3) is 0 Å². The Morgan fingerprint density at radius 2 is 2.07 bits per heavy atom. The largest absolute Gasteiger partial charge is 0.296 e. The SMILES string of the molecule is CC(C)n1nnc(C=O)c1C1CCCC1. The van der Waals surface area contributed by atoms with E-state index in [9.17, 15) is 4.79 Å². The van der Waals surface area contributed by atoms with Crippen LogP contribution in [-0.2, 0) is 0 Å². The Balaban J connectivity index is 2.39. The normalized spacial score (nSPS) is 17.5. The van der Waals surface area contributed by atoms with Gasteiger partial charge in [0.25, 0.3) is 0 Å². The molecule has 0 atom stereocenters. The van der Waals surface area contributed by atoms with Crippen LogP contribution in [0.3, 0.4) is 0 Å². The highest BCUT2D eigenvalue weighted by molar-refractivity contribution is 5.73. The molecule has 4 nitrogen and oxygen atoms in total. The summed E-state index contributed by atoms with van der Waals surface area (Å²) in [6, 6.07) is 0.279. The van der Waals surface area contributed by atoms with Crippen LogP contribution >= 0.6 is 0 Å². The van der Waals surface area contributed by atoms with Crippen molar-refractivity contribution in [2.24, 2.45) is 0 Å². The van der Waals surface area contributed by atoms with Crippen LogP contribution in [0.2, 0.25) is 0 Å². The van der Waals surface area contributed by atoms with E-state index >= 15 is 0 Å². The van der Waals surface area contributed by atoms with E-state index < -0.39 is 0 Å². The van der Waals surface area contributed by atoms with Gasteiger partial charge in [0.05, 0.1) is 5.69 Å². The molecule has 2 rings (SSSR count). The molecule has 0 aromatic carbocycles. The van der Waals surface area contributed by atoms with Crippen molar-refractivity contribution in [2.75, 3.05) is 0 Å². The Hall–Kier alpha value is -1.19. The second-order valence-electron chi connectivity index (χ2n) is 4.50. The van der Waals surface area contributed by atoms with Gasteiger partial charge in [-0.2, -0.15) is 0 Å². The van der Waals surface area contributed by atoms with Crippen LogP contribution in [0.15, 0.2) is 0 Å². The Labute approximate surface area is 89.7 Å². The molecule has 4 heteroatoms. The number of carbonyl (C=O) groups is 1. The quantitative estimate of drug-likeness (QED) is 0.715. The van der Waals surface area contributed by atoms with E-state index in [2.05, 4.69) is 24.2 Å². The zero-order valence-corrected chi connectivity index (χ0v) is 9.31. The van der Waals surface area contributed by atoms with Crippen LogP contribution < -0.4 is 0 Å². The molecule has 0 spiro atoms. The molecule has 0 radical (unpaired) electrons. The summed E-state index contributed by atoms with van der Waals surface area (Å²) >= 11 is 0. The first-order chi connectivity index (χ1) is 7.24. The van der Waals surface area contributed by atoms with Gasteiger partial charge >= 0.3 is 0 Å². The lowest BCUT2D eigenvalue weighted by Crippen LogP contribution is -2.11. The molecule has 0 bridgehead atoms. The summed E-state index contributed by atoms with van der Waals surface area (Å²) < 4.78 is 1.90. The number of aromatic nitrogens is 3. The van der Waals surface area contributed by atoms with E-state index in [0.717, 1.165) is 12.0 Å². The van der Waals surface area contributed by atoms with Gasteiger partial charge in [0.2, 0.25) is 0 Å². The molecule has 82 valence electrons. The van der Waals surface area contributed by atoms with Gasteiger partial charge in [-0.05, 0) is 26.7 Å². The maximum atomic E-state index is 10.9. The summed E-state index contributed by atoms with van der Waals surface area (Å²) in [5, 5.41) is 8.01. The van der Waals surface area contributed by atoms with Crippen LogP contribution in [0, 0.1) is 0 Å². The zero-order valence-electron chi connectivity index (χ0n) is 9.31. The second kappa shape index (κ2) is 4.13. The first-order valence-corrected chi connectivity index (χ1v) is 5.64. The van der Waals surface area contributed by atoms with Gasteiger partial charge in [-0.25, -0.2) is 4.68 Å². The molecule has 1 aliphatic carbocycles. The Bertz CT molecular complexity index is 351. The fraction of sp³-hybridized carbons (Fsp3) is 0.727. The third kappa shape index (κ3) is 1.80. The second-order valence-corrected chi connectivity index (χ2v) is 4.50. The first-order valence-electron chi connectivity index (χ1n) is 5.64. The lowest BCUT2D eigenvalue weighted by Gasteiger charge is -2.14. The highest BCUT2D eigenvalue weighted by Crippen LogP contribution is 2.35. The van der Waals surface area contributed by atoms with E-state index in [0.29, 0.717) is 11.6 Å². The fourth-order valence-corrected chi connectivity index (χ4v) is 2.37. The van der Waals surface area contributed by atoms with Crippen molar-refractivity contribution in [3.8, 4) is 0 Å². The van der Waals surface area contributed by atoms with Crippen LogP contribution in [0.4, 0.5) is 0 Å². The fourth-order valence-electron chi connectivity index (χ4n) is 2.37. The van der Waals surface area contributed by atoms with Crippen molar-refractivity contribution in [3.05, 3.63) is 11.4 Å². The monoisotopic (exact) mass is 207 g/mol. The van der Waals surface area contributed by atoms with Gasteiger partial charge in [-0.1, -0.05) is 18.1 Å². The van der Waals surface area contributed by atoms with Crippen LogP contribution in [0.1, 0.15) is 67.7 Å². The molecule has 0 aliphatic heterocycles. The minimum Gasteiger partial charge on any atom is -0.296 e. The van der Waals surface area contributed by atoms with E-state index in [1.807, 2.05) is 4.68 Å². The maximum Gasteiger partial charge on any atom is 0.172 e. The standard InChI is InChI=1S/C11H17N3O/c1-8(2)14-11(9-5-3-4-6-9)10(7-15)12-13-14/h7-9H,3-6H2,1-2H3. The highest BCUT2D eigenvalue weighted by atomic mass is 16.1. The molecule has 1 heterocycles. The van der Waals surface area contributed by atoms with Crippen LogP contribution in [-0.4, -0.2) is 21.3 Å². The Kier molecular flexibility index (Phi) is 2.84. The van der Waals surface area contributed by atoms with Gasteiger partial charge in [-0.15, -0.1) is 5.10 Å². The molecular weight excluding hydrogens is 190 g/mol.